The SMILES string of the molecule is CNC(C#N)CN(C)CC(F)(F)F. The quantitative estimate of drug-likeness (QED) is 0.713. The van der Waals surface area contributed by atoms with Gasteiger partial charge in [-0.25, -0.2) is 0 Å². The number of alkyl halides is 3. The molecule has 0 heterocycles. The largest absolute Gasteiger partial charge is 0.401 e. The summed E-state index contributed by atoms with van der Waals surface area (Å²) in [6, 6.07) is 1.29. The van der Waals surface area contributed by atoms with E-state index in [-0.39, 0.29) is 6.54 Å². The minimum atomic E-state index is -4.21. The monoisotopic (exact) mass is 195 g/mol. The first-order chi connectivity index (χ1) is 5.89. The zero-order valence-electron chi connectivity index (χ0n) is 7.52. The van der Waals surface area contributed by atoms with Gasteiger partial charge in [0.05, 0.1) is 12.6 Å². The Morgan fingerprint density at radius 3 is 2.38 bits per heavy atom. The number of hydrogen-bond donors (Lipinski definition) is 1. The Labute approximate surface area is 75.1 Å². The van der Waals surface area contributed by atoms with Crippen LogP contribution in [0.2, 0.25) is 0 Å². The fourth-order valence-corrected chi connectivity index (χ4v) is 0.879. The van der Waals surface area contributed by atoms with Crippen molar-refractivity contribution in [3.63, 3.8) is 0 Å². The fraction of sp³-hybridized carbons (Fsp3) is 0.857. The number of halogens is 3. The highest BCUT2D eigenvalue weighted by molar-refractivity contribution is 4.90. The van der Waals surface area contributed by atoms with Crippen LogP contribution in [0.4, 0.5) is 13.2 Å². The van der Waals surface area contributed by atoms with Crippen molar-refractivity contribution in [3.8, 4) is 6.07 Å². The molecule has 0 rings (SSSR count). The third-order valence-corrected chi connectivity index (χ3v) is 1.45. The molecule has 76 valence electrons. The topological polar surface area (TPSA) is 39.1 Å². The first-order valence-corrected chi connectivity index (χ1v) is 3.71. The first-order valence-electron chi connectivity index (χ1n) is 3.71. The maximum Gasteiger partial charge on any atom is 0.401 e. The molecule has 1 unspecified atom stereocenters. The highest BCUT2D eigenvalue weighted by Gasteiger charge is 2.29. The molecule has 3 nitrogen and oxygen atoms in total. The van der Waals surface area contributed by atoms with Gasteiger partial charge in [0.1, 0.15) is 6.04 Å². The summed E-state index contributed by atoms with van der Waals surface area (Å²) < 4.78 is 35.5. The number of nitrogens with one attached hydrogen (secondary N) is 1. The van der Waals surface area contributed by atoms with E-state index in [2.05, 4.69) is 5.32 Å². The molecule has 0 aliphatic carbocycles. The molecule has 0 fully saturated rings. The Hall–Kier alpha value is -0.800. The molecule has 0 aliphatic heterocycles. The Morgan fingerprint density at radius 2 is 2.08 bits per heavy atom. The van der Waals surface area contributed by atoms with Crippen LogP contribution >= 0.6 is 0 Å². The summed E-state index contributed by atoms with van der Waals surface area (Å²) in [5.74, 6) is 0. The minimum absolute atomic E-state index is 0.0620. The third-order valence-electron chi connectivity index (χ3n) is 1.45. The summed E-state index contributed by atoms with van der Waals surface area (Å²) in [5.41, 5.74) is 0. The molecular formula is C7H12F3N3. The maximum absolute atomic E-state index is 11.8. The summed E-state index contributed by atoms with van der Waals surface area (Å²) in [7, 11) is 2.87. The van der Waals surface area contributed by atoms with Gasteiger partial charge in [-0.3, -0.25) is 4.90 Å². The third kappa shape index (κ3) is 6.37. The highest BCUT2D eigenvalue weighted by atomic mass is 19.4. The van der Waals surface area contributed by atoms with Crippen LogP contribution in [-0.4, -0.2) is 44.3 Å². The van der Waals surface area contributed by atoms with Gasteiger partial charge in [0.15, 0.2) is 0 Å². The molecule has 0 saturated carbocycles. The minimum Gasteiger partial charge on any atom is -0.304 e. The normalized spacial score (nSPS) is 14.2. The van der Waals surface area contributed by atoms with Crippen LogP contribution in [0, 0.1) is 11.3 Å². The van der Waals surface area contributed by atoms with Crippen LogP contribution < -0.4 is 5.32 Å². The Morgan fingerprint density at radius 1 is 1.54 bits per heavy atom. The van der Waals surface area contributed by atoms with Crippen molar-refractivity contribution in [2.24, 2.45) is 0 Å². The van der Waals surface area contributed by atoms with E-state index in [4.69, 9.17) is 5.26 Å². The molecule has 0 aromatic heterocycles. The number of nitriles is 1. The lowest BCUT2D eigenvalue weighted by atomic mass is 10.3. The van der Waals surface area contributed by atoms with E-state index in [1.54, 1.807) is 0 Å². The number of likely N-dealkylation sites (N-methyl/N-ethyl adjacent to an activating group) is 2. The molecular weight excluding hydrogens is 183 g/mol. The second-order valence-electron chi connectivity index (χ2n) is 2.78. The molecule has 1 atom stereocenters. The molecule has 13 heavy (non-hydrogen) atoms. The Kier molecular flexibility index (Phi) is 4.73. The molecule has 0 aliphatic rings. The maximum atomic E-state index is 11.8. The van der Waals surface area contributed by atoms with Gasteiger partial charge < -0.3 is 5.32 Å². The van der Waals surface area contributed by atoms with Crippen molar-refractivity contribution in [2.45, 2.75) is 12.2 Å². The van der Waals surface area contributed by atoms with Crippen LogP contribution in [0.1, 0.15) is 0 Å². The van der Waals surface area contributed by atoms with Crippen LogP contribution in [0.5, 0.6) is 0 Å². The predicted molar refractivity (Wildman–Crippen MR) is 42.0 cm³/mol. The Bertz CT molecular complexity index is 184. The van der Waals surface area contributed by atoms with E-state index in [0.717, 1.165) is 4.90 Å². The molecule has 0 saturated heterocycles. The number of nitrogens with zero attached hydrogens (tertiary/aromatic N) is 2. The summed E-state index contributed by atoms with van der Waals surface area (Å²) >= 11 is 0. The van der Waals surface area contributed by atoms with Gasteiger partial charge in [0.2, 0.25) is 0 Å². The van der Waals surface area contributed by atoms with Crippen LogP contribution in [-0.2, 0) is 0 Å². The van der Waals surface area contributed by atoms with Crippen molar-refractivity contribution in [2.75, 3.05) is 27.2 Å². The number of rotatable bonds is 4. The van der Waals surface area contributed by atoms with E-state index in [1.807, 2.05) is 6.07 Å². The fourth-order valence-electron chi connectivity index (χ4n) is 0.879. The van der Waals surface area contributed by atoms with Crippen molar-refractivity contribution in [3.05, 3.63) is 0 Å². The zero-order chi connectivity index (χ0) is 10.5. The second kappa shape index (κ2) is 5.04. The zero-order valence-corrected chi connectivity index (χ0v) is 7.52. The van der Waals surface area contributed by atoms with Crippen molar-refractivity contribution >= 4 is 0 Å². The summed E-state index contributed by atoms with van der Waals surface area (Å²) in [6.45, 7) is -0.931. The average Bonchev–Trinajstić information content (AvgIpc) is 1.96. The van der Waals surface area contributed by atoms with Crippen molar-refractivity contribution in [1.29, 1.82) is 5.26 Å². The summed E-state index contributed by atoms with van der Waals surface area (Å²) in [5, 5.41) is 11.1. The molecule has 0 spiro atoms. The highest BCUT2D eigenvalue weighted by Crippen LogP contribution is 2.15. The van der Waals surface area contributed by atoms with Crippen molar-refractivity contribution in [1.82, 2.24) is 10.2 Å². The van der Waals surface area contributed by atoms with E-state index < -0.39 is 18.8 Å². The van der Waals surface area contributed by atoms with Gasteiger partial charge in [-0.05, 0) is 14.1 Å². The van der Waals surface area contributed by atoms with Gasteiger partial charge in [0.25, 0.3) is 0 Å². The van der Waals surface area contributed by atoms with E-state index in [9.17, 15) is 13.2 Å². The van der Waals surface area contributed by atoms with Gasteiger partial charge in [0, 0.05) is 6.54 Å². The molecule has 0 aromatic carbocycles. The smallest absolute Gasteiger partial charge is 0.304 e. The Balaban J connectivity index is 3.87. The van der Waals surface area contributed by atoms with E-state index in [0.29, 0.717) is 0 Å². The van der Waals surface area contributed by atoms with Crippen LogP contribution in [0.3, 0.4) is 0 Å². The van der Waals surface area contributed by atoms with Gasteiger partial charge >= 0.3 is 6.18 Å². The predicted octanol–water partition coefficient (Wildman–Crippen LogP) is 0.592. The molecule has 6 heteroatoms. The first kappa shape index (κ1) is 12.2. The molecule has 0 radical (unpaired) electrons. The lowest BCUT2D eigenvalue weighted by Gasteiger charge is -2.20. The molecule has 0 amide bonds. The van der Waals surface area contributed by atoms with Crippen molar-refractivity contribution < 1.29 is 13.2 Å². The van der Waals surface area contributed by atoms with Gasteiger partial charge in [-0.2, -0.15) is 18.4 Å². The second-order valence-corrected chi connectivity index (χ2v) is 2.78. The van der Waals surface area contributed by atoms with Gasteiger partial charge in [-0.1, -0.05) is 0 Å². The molecule has 1 N–H and O–H groups in total. The molecule has 0 aromatic rings. The van der Waals surface area contributed by atoms with Crippen LogP contribution in [0.15, 0.2) is 0 Å². The van der Waals surface area contributed by atoms with Gasteiger partial charge in [-0.15, -0.1) is 0 Å². The van der Waals surface area contributed by atoms with E-state index >= 15 is 0 Å². The lowest BCUT2D eigenvalue weighted by Crippen LogP contribution is -2.40. The van der Waals surface area contributed by atoms with Crippen LogP contribution in [0.25, 0.3) is 0 Å². The molecule has 0 bridgehead atoms. The van der Waals surface area contributed by atoms with E-state index in [1.165, 1.54) is 14.1 Å². The standard InChI is InChI=1S/C7H12F3N3/c1-12-6(3-11)4-13(2)5-7(8,9)10/h6,12H,4-5H2,1-2H3. The average molecular weight is 195 g/mol. The summed E-state index contributed by atoms with van der Waals surface area (Å²) in [6.07, 6.45) is -4.21. The lowest BCUT2D eigenvalue weighted by molar-refractivity contribution is -0.143. The number of hydrogen-bond acceptors (Lipinski definition) is 3. The summed E-state index contributed by atoms with van der Waals surface area (Å²) in [4.78, 5) is 1.06.